The standard InChI is InChI=1S/C14H6Cl2F2N2O/c15-8-1-2-19-14-12(8)7(5-20-14)13(21)6-3-11(18)9(16)4-10(6)17/h1-5H,(H,19,20). The Morgan fingerprint density at radius 3 is 2.62 bits per heavy atom. The van der Waals surface area contributed by atoms with Gasteiger partial charge in [-0.1, -0.05) is 23.2 Å². The molecule has 0 unspecified atom stereocenters. The zero-order chi connectivity index (χ0) is 15.1. The van der Waals surface area contributed by atoms with Crippen molar-refractivity contribution in [2.24, 2.45) is 0 Å². The average molecular weight is 327 g/mol. The molecule has 0 aliphatic heterocycles. The maximum absolute atomic E-state index is 13.8. The molecule has 0 bridgehead atoms. The molecule has 0 atom stereocenters. The summed E-state index contributed by atoms with van der Waals surface area (Å²) in [7, 11) is 0. The van der Waals surface area contributed by atoms with E-state index in [0.29, 0.717) is 16.1 Å². The van der Waals surface area contributed by atoms with Crippen molar-refractivity contribution < 1.29 is 13.6 Å². The van der Waals surface area contributed by atoms with Crippen molar-refractivity contribution in [3.05, 3.63) is 63.4 Å². The van der Waals surface area contributed by atoms with E-state index in [1.54, 1.807) is 0 Å². The van der Waals surface area contributed by atoms with Crippen LogP contribution in [0.1, 0.15) is 15.9 Å². The minimum atomic E-state index is -0.902. The van der Waals surface area contributed by atoms with Crippen LogP contribution in [0.25, 0.3) is 11.0 Å². The molecule has 2 heterocycles. The maximum Gasteiger partial charge on any atom is 0.198 e. The lowest BCUT2D eigenvalue weighted by Crippen LogP contribution is -2.05. The van der Waals surface area contributed by atoms with E-state index in [1.807, 2.05) is 0 Å². The minimum Gasteiger partial charge on any atom is -0.345 e. The van der Waals surface area contributed by atoms with Crippen LogP contribution in [0.5, 0.6) is 0 Å². The van der Waals surface area contributed by atoms with Crippen molar-refractivity contribution in [1.82, 2.24) is 9.97 Å². The van der Waals surface area contributed by atoms with Crippen molar-refractivity contribution >= 4 is 40.0 Å². The highest BCUT2D eigenvalue weighted by molar-refractivity contribution is 6.37. The number of rotatable bonds is 2. The molecule has 0 saturated carbocycles. The first kappa shape index (κ1) is 14.0. The van der Waals surface area contributed by atoms with Crippen LogP contribution < -0.4 is 0 Å². The number of carbonyl (C=O) groups excluding carboxylic acids is 1. The molecule has 0 spiro atoms. The highest BCUT2D eigenvalue weighted by Crippen LogP contribution is 2.28. The summed E-state index contributed by atoms with van der Waals surface area (Å²) in [4.78, 5) is 19.2. The van der Waals surface area contributed by atoms with Crippen molar-refractivity contribution in [2.45, 2.75) is 0 Å². The number of aromatic nitrogens is 2. The van der Waals surface area contributed by atoms with Gasteiger partial charge in [0, 0.05) is 17.8 Å². The van der Waals surface area contributed by atoms with Gasteiger partial charge < -0.3 is 4.98 Å². The first-order chi connectivity index (χ1) is 9.99. The molecule has 0 saturated heterocycles. The predicted molar refractivity (Wildman–Crippen MR) is 75.9 cm³/mol. The topological polar surface area (TPSA) is 45.8 Å². The van der Waals surface area contributed by atoms with Crippen LogP contribution in [0.2, 0.25) is 10.0 Å². The number of benzene rings is 1. The SMILES string of the molecule is O=C(c1cc(F)c(Cl)cc1F)c1c[nH]c2nccc(Cl)c12. The zero-order valence-corrected chi connectivity index (χ0v) is 11.8. The highest BCUT2D eigenvalue weighted by atomic mass is 35.5. The average Bonchev–Trinajstić information content (AvgIpc) is 2.87. The monoisotopic (exact) mass is 326 g/mol. The van der Waals surface area contributed by atoms with Gasteiger partial charge in [0.05, 0.1) is 21.2 Å². The van der Waals surface area contributed by atoms with Crippen LogP contribution in [0.3, 0.4) is 0 Å². The maximum atomic E-state index is 13.8. The van der Waals surface area contributed by atoms with Crippen LogP contribution in [0.4, 0.5) is 8.78 Å². The summed E-state index contributed by atoms with van der Waals surface area (Å²) in [5.74, 6) is -2.48. The van der Waals surface area contributed by atoms with Crippen molar-refractivity contribution in [3.8, 4) is 0 Å². The number of fused-ring (bicyclic) bond motifs is 1. The van der Waals surface area contributed by atoms with E-state index in [4.69, 9.17) is 23.2 Å². The molecule has 0 aliphatic carbocycles. The van der Waals surface area contributed by atoms with Gasteiger partial charge in [0.1, 0.15) is 17.3 Å². The Kier molecular flexibility index (Phi) is 3.39. The fourth-order valence-corrected chi connectivity index (χ4v) is 2.44. The van der Waals surface area contributed by atoms with Crippen LogP contribution in [0.15, 0.2) is 30.6 Å². The van der Waals surface area contributed by atoms with Gasteiger partial charge >= 0.3 is 0 Å². The van der Waals surface area contributed by atoms with Gasteiger partial charge in [-0.2, -0.15) is 0 Å². The second kappa shape index (κ2) is 5.09. The Balaban J connectivity index is 2.20. The number of hydrogen-bond acceptors (Lipinski definition) is 2. The summed E-state index contributed by atoms with van der Waals surface area (Å²) in [6.07, 6.45) is 2.83. The van der Waals surface area contributed by atoms with E-state index < -0.39 is 23.0 Å². The number of ketones is 1. The first-order valence-corrected chi connectivity index (χ1v) is 6.55. The zero-order valence-electron chi connectivity index (χ0n) is 10.3. The molecule has 0 aliphatic rings. The number of H-pyrrole nitrogens is 1. The third-order valence-corrected chi connectivity index (χ3v) is 3.63. The summed E-state index contributed by atoms with van der Waals surface area (Å²) < 4.78 is 27.3. The molecule has 7 heteroatoms. The van der Waals surface area contributed by atoms with Crippen molar-refractivity contribution in [1.29, 1.82) is 0 Å². The molecule has 0 fully saturated rings. The summed E-state index contributed by atoms with van der Waals surface area (Å²) >= 11 is 11.5. The van der Waals surface area contributed by atoms with Crippen LogP contribution in [-0.4, -0.2) is 15.8 Å². The Bertz CT molecular complexity index is 877. The summed E-state index contributed by atoms with van der Waals surface area (Å²) in [5, 5.41) is 0.265. The van der Waals surface area contributed by atoms with Crippen molar-refractivity contribution in [2.75, 3.05) is 0 Å². The Morgan fingerprint density at radius 1 is 1.10 bits per heavy atom. The van der Waals surface area contributed by atoms with Crippen LogP contribution >= 0.6 is 23.2 Å². The molecule has 1 aromatic carbocycles. The normalized spacial score (nSPS) is 11.0. The molecule has 3 rings (SSSR count). The van der Waals surface area contributed by atoms with Crippen LogP contribution in [-0.2, 0) is 0 Å². The fraction of sp³-hybridized carbons (Fsp3) is 0. The molecule has 0 radical (unpaired) electrons. The van der Waals surface area contributed by atoms with Crippen LogP contribution in [0, 0.1) is 11.6 Å². The number of aromatic amines is 1. The Morgan fingerprint density at radius 2 is 1.86 bits per heavy atom. The lowest BCUT2D eigenvalue weighted by atomic mass is 10.0. The number of hydrogen-bond donors (Lipinski definition) is 1. The molecule has 3 aromatic rings. The second-order valence-corrected chi connectivity index (χ2v) is 5.11. The molecule has 106 valence electrons. The van der Waals surface area contributed by atoms with Gasteiger partial charge in [-0.3, -0.25) is 4.79 Å². The molecular weight excluding hydrogens is 321 g/mol. The first-order valence-electron chi connectivity index (χ1n) is 5.80. The third-order valence-electron chi connectivity index (χ3n) is 3.02. The van der Waals surface area contributed by atoms with Gasteiger partial charge in [0.2, 0.25) is 0 Å². The van der Waals surface area contributed by atoms with E-state index in [0.717, 1.165) is 12.1 Å². The minimum absolute atomic E-state index is 0.115. The van der Waals surface area contributed by atoms with E-state index >= 15 is 0 Å². The van der Waals surface area contributed by atoms with Gasteiger partial charge in [-0.15, -0.1) is 0 Å². The van der Waals surface area contributed by atoms with E-state index in [1.165, 1.54) is 18.5 Å². The lowest BCUT2D eigenvalue weighted by Gasteiger charge is -2.04. The van der Waals surface area contributed by atoms with E-state index in [9.17, 15) is 13.6 Å². The molecular formula is C14H6Cl2F2N2O. The quantitative estimate of drug-likeness (QED) is 0.561. The van der Waals surface area contributed by atoms with Gasteiger partial charge in [0.25, 0.3) is 0 Å². The van der Waals surface area contributed by atoms with Gasteiger partial charge in [-0.25, -0.2) is 13.8 Å². The largest absolute Gasteiger partial charge is 0.345 e. The number of halogens is 4. The number of nitrogens with zero attached hydrogens (tertiary/aromatic N) is 1. The third kappa shape index (κ3) is 2.28. The Labute approximate surface area is 127 Å². The Hall–Kier alpha value is -1.98. The number of pyridine rings is 1. The molecule has 2 aromatic heterocycles. The fourth-order valence-electron chi connectivity index (χ4n) is 2.04. The summed E-state index contributed by atoms with van der Waals surface area (Å²) in [5.41, 5.74) is 0.0853. The van der Waals surface area contributed by atoms with Crippen molar-refractivity contribution in [3.63, 3.8) is 0 Å². The predicted octanol–water partition coefficient (Wildman–Crippen LogP) is 4.38. The summed E-state index contributed by atoms with van der Waals surface area (Å²) in [6.45, 7) is 0. The highest BCUT2D eigenvalue weighted by Gasteiger charge is 2.21. The molecule has 1 N–H and O–H groups in total. The molecule has 0 amide bonds. The lowest BCUT2D eigenvalue weighted by molar-refractivity contribution is 0.103. The summed E-state index contributed by atoms with van der Waals surface area (Å²) in [6, 6.07) is 3.04. The molecule has 21 heavy (non-hydrogen) atoms. The number of carbonyl (C=O) groups is 1. The molecule has 3 nitrogen and oxygen atoms in total. The van der Waals surface area contributed by atoms with Gasteiger partial charge in [-0.05, 0) is 18.2 Å². The van der Waals surface area contributed by atoms with Gasteiger partial charge in [0.15, 0.2) is 5.78 Å². The van der Waals surface area contributed by atoms with E-state index in [-0.39, 0.29) is 10.6 Å². The smallest absolute Gasteiger partial charge is 0.198 e. The second-order valence-electron chi connectivity index (χ2n) is 4.29. The van der Waals surface area contributed by atoms with E-state index in [2.05, 4.69) is 9.97 Å². The number of nitrogens with one attached hydrogen (secondary N) is 1.